The third-order valence-corrected chi connectivity index (χ3v) is 5.29. The van der Waals surface area contributed by atoms with Crippen LogP contribution in [0, 0.1) is 0 Å². The fourth-order valence-corrected chi connectivity index (χ4v) is 3.27. The monoisotopic (exact) mass is 417 g/mol. The number of hydrogen-bond acceptors (Lipinski definition) is 3. The van der Waals surface area contributed by atoms with Crippen LogP contribution in [0.4, 0.5) is 0 Å². The van der Waals surface area contributed by atoms with Gasteiger partial charge in [-0.1, -0.05) is 69.6 Å². The molecule has 0 spiro atoms. The van der Waals surface area contributed by atoms with Gasteiger partial charge in [0.15, 0.2) is 0 Å². The molecule has 0 N–H and O–H groups in total. The Morgan fingerprint density at radius 2 is 1.41 bits per heavy atom. The first-order chi connectivity index (χ1) is 10.3. The van der Waals surface area contributed by atoms with Crippen molar-refractivity contribution in [1.29, 1.82) is 0 Å². The zero-order chi connectivity index (χ0) is 16.6. The normalized spacial score (nSPS) is 10.7. The number of rotatable bonds is 2. The smallest absolute Gasteiger partial charge is 0.356 e. The minimum Gasteiger partial charge on any atom is -0.464 e. The molecule has 1 aromatic carbocycles. The molecular weight excluding hydrogens is 415 g/mol. The summed E-state index contributed by atoms with van der Waals surface area (Å²) in [6, 6.07) is 2.92. The van der Waals surface area contributed by atoms with Crippen molar-refractivity contribution >= 4 is 75.6 Å². The van der Waals surface area contributed by atoms with Crippen molar-refractivity contribution in [2.45, 2.75) is 0 Å². The number of pyridine rings is 1. The molecule has 22 heavy (non-hydrogen) atoms. The summed E-state index contributed by atoms with van der Waals surface area (Å²) in [5, 5.41) is 0.270. The van der Waals surface area contributed by atoms with E-state index in [9.17, 15) is 4.79 Å². The van der Waals surface area contributed by atoms with Crippen LogP contribution in [0.1, 0.15) is 10.5 Å². The molecule has 0 fully saturated rings. The van der Waals surface area contributed by atoms with Crippen LogP contribution in [-0.4, -0.2) is 18.1 Å². The van der Waals surface area contributed by atoms with Gasteiger partial charge in [0.25, 0.3) is 0 Å². The van der Waals surface area contributed by atoms with E-state index in [-0.39, 0.29) is 41.5 Å². The molecular formula is C13H5Cl6NO2. The number of nitrogens with zero attached hydrogens (tertiary/aromatic N) is 1. The van der Waals surface area contributed by atoms with Crippen LogP contribution in [-0.2, 0) is 4.74 Å². The highest BCUT2D eigenvalue weighted by atomic mass is 35.5. The molecule has 1 aromatic heterocycles. The van der Waals surface area contributed by atoms with Gasteiger partial charge < -0.3 is 4.74 Å². The Kier molecular flexibility index (Phi) is 5.70. The molecule has 0 radical (unpaired) electrons. The third-order valence-electron chi connectivity index (χ3n) is 2.72. The quantitative estimate of drug-likeness (QED) is 0.243. The molecule has 2 rings (SSSR count). The largest absolute Gasteiger partial charge is 0.464 e. The summed E-state index contributed by atoms with van der Waals surface area (Å²) in [5.41, 5.74) is 0.663. The van der Waals surface area contributed by atoms with Crippen LogP contribution in [0.3, 0.4) is 0 Å². The second-order valence-corrected chi connectivity index (χ2v) is 6.22. The van der Waals surface area contributed by atoms with Gasteiger partial charge in [-0.25, -0.2) is 9.78 Å². The second kappa shape index (κ2) is 7.00. The van der Waals surface area contributed by atoms with E-state index < -0.39 is 5.97 Å². The van der Waals surface area contributed by atoms with Crippen LogP contribution in [0.15, 0.2) is 12.1 Å². The van der Waals surface area contributed by atoms with Gasteiger partial charge in [-0.15, -0.1) is 0 Å². The Balaban J connectivity index is 2.70. The van der Waals surface area contributed by atoms with Gasteiger partial charge in [0.2, 0.25) is 0 Å². The molecule has 0 saturated carbocycles. The molecule has 0 bridgehead atoms. The molecule has 3 nitrogen and oxygen atoms in total. The predicted octanol–water partition coefficient (Wildman–Crippen LogP) is 6.46. The lowest BCUT2D eigenvalue weighted by Gasteiger charge is -2.13. The van der Waals surface area contributed by atoms with Crippen molar-refractivity contribution in [3.05, 3.63) is 48.1 Å². The number of hydrogen-bond donors (Lipinski definition) is 0. The first kappa shape index (κ1) is 17.9. The van der Waals surface area contributed by atoms with Crippen molar-refractivity contribution in [3.63, 3.8) is 0 Å². The number of methoxy groups -OCH3 is 1. The van der Waals surface area contributed by atoms with E-state index in [4.69, 9.17) is 69.6 Å². The lowest BCUT2D eigenvalue weighted by Crippen LogP contribution is -2.04. The summed E-state index contributed by atoms with van der Waals surface area (Å²) < 4.78 is 4.57. The average molecular weight is 420 g/mol. The standard InChI is InChI=1S/C13H5Cl6NO2/c1-22-13(21)5-3-2-4(12(19)20-5)6-7(14)9(16)11(18)10(17)8(6)15/h2-3H,1H3. The first-order valence-corrected chi connectivity index (χ1v) is 7.83. The van der Waals surface area contributed by atoms with Gasteiger partial charge in [-0.3, -0.25) is 0 Å². The Morgan fingerprint density at radius 1 is 0.909 bits per heavy atom. The topological polar surface area (TPSA) is 39.2 Å². The second-order valence-electron chi connectivity index (χ2n) is 3.97. The van der Waals surface area contributed by atoms with Gasteiger partial charge in [-0.05, 0) is 12.1 Å². The molecule has 116 valence electrons. The highest BCUT2D eigenvalue weighted by Crippen LogP contribution is 2.49. The number of aromatic nitrogens is 1. The van der Waals surface area contributed by atoms with Crippen molar-refractivity contribution < 1.29 is 9.53 Å². The number of benzene rings is 1. The number of esters is 1. The molecule has 1 heterocycles. The van der Waals surface area contributed by atoms with Crippen LogP contribution < -0.4 is 0 Å². The van der Waals surface area contributed by atoms with Crippen molar-refractivity contribution in [1.82, 2.24) is 4.98 Å². The number of carbonyl (C=O) groups is 1. The minimum absolute atomic E-state index is 0.0128. The van der Waals surface area contributed by atoms with Crippen molar-refractivity contribution in [2.24, 2.45) is 0 Å². The van der Waals surface area contributed by atoms with Gasteiger partial charge in [0.1, 0.15) is 10.8 Å². The summed E-state index contributed by atoms with van der Waals surface area (Å²) >= 11 is 36.4. The van der Waals surface area contributed by atoms with E-state index >= 15 is 0 Å². The summed E-state index contributed by atoms with van der Waals surface area (Å²) in [6.45, 7) is 0. The molecule has 0 saturated heterocycles. The van der Waals surface area contributed by atoms with E-state index in [1.807, 2.05) is 0 Å². The van der Waals surface area contributed by atoms with Crippen LogP contribution in [0.25, 0.3) is 11.1 Å². The van der Waals surface area contributed by atoms with Gasteiger partial charge in [-0.2, -0.15) is 0 Å². The van der Waals surface area contributed by atoms with E-state index in [0.29, 0.717) is 5.56 Å². The van der Waals surface area contributed by atoms with E-state index in [2.05, 4.69) is 9.72 Å². The molecule has 9 heteroatoms. The number of carbonyl (C=O) groups excluding carboxylic acids is 1. The highest BCUT2D eigenvalue weighted by Gasteiger charge is 2.23. The molecule has 0 unspecified atom stereocenters. The van der Waals surface area contributed by atoms with Crippen LogP contribution in [0.5, 0.6) is 0 Å². The Morgan fingerprint density at radius 3 is 1.86 bits per heavy atom. The summed E-state index contributed by atoms with van der Waals surface area (Å²) in [4.78, 5) is 15.4. The van der Waals surface area contributed by atoms with E-state index in [1.54, 1.807) is 0 Å². The van der Waals surface area contributed by atoms with E-state index in [0.717, 1.165) is 0 Å². The summed E-state index contributed by atoms with van der Waals surface area (Å²) in [7, 11) is 1.23. The Hall–Kier alpha value is -0.420. The summed E-state index contributed by atoms with van der Waals surface area (Å²) in [5.74, 6) is -0.627. The average Bonchev–Trinajstić information content (AvgIpc) is 2.51. The maximum atomic E-state index is 11.4. The molecule has 0 aliphatic carbocycles. The van der Waals surface area contributed by atoms with Crippen molar-refractivity contribution in [2.75, 3.05) is 7.11 Å². The van der Waals surface area contributed by atoms with Crippen LogP contribution >= 0.6 is 69.6 Å². The number of halogens is 6. The lowest BCUT2D eigenvalue weighted by molar-refractivity contribution is 0.0594. The molecule has 0 aliphatic rings. The van der Waals surface area contributed by atoms with Gasteiger partial charge >= 0.3 is 5.97 Å². The molecule has 0 aliphatic heterocycles. The minimum atomic E-state index is -0.627. The fraction of sp³-hybridized carbons (Fsp3) is 0.0769. The Bertz CT molecular complexity index is 749. The van der Waals surface area contributed by atoms with Gasteiger partial charge in [0, 0.05) is 11.1 Å². The third kappa shape index (κ3) is 3.12. The fourth-order valence-electron chi connectivity index (χ4n) is 1.68. The van der Waals surface area contributed by atoms with Gasteiger partial charge in [0.05, 0.1) is 32.2 Å². The van der Waals surface area contributed by atoms with Crippen LogP contribution in [0.2, 0.25) is 30.3 Å². The maximum Gasteiger partial charge on any atom is 0.356 e. The highest BCUT2D eigenvalue weighted by molar-refractivity contribution is 6.56. The zero-order valence-electron chi connectivity index (χ0n) is 10.7. The predicted molar refractivity (Wildman–Crippen MR) is 91.1 cm³/mol. The summed E-state index contributed by atoms with van der Waals surface area (Å²) in [6.07, 6.45) is 0. The number of ether oxygens (including phenoxy) is 1. The molecule has 2 aromatic rings. The van der Waals surface area contributed by atoms with Crippen molar-refractivity contribution in [3.8, 4) is 11.1 Å². The Labute approximate surface area is 156 Å². The molecule has 0 atom stereocenters. The maximum absolute atomic E-state index is 11.4. The zero-order valence-corrected chi connectivity index (χ0v) is 15.2. The first-order valence-electron chi connectivity index (χ1n) is 5.56. The lowest BCUT2D eigenvalue weighted by atomic mass is 10.1. The SMILES string of the molecule is COC(=O)c1ccc(-c2c(Cl)c(Cl)c(Cl)c(Cl)c2Cl)c(Cl)n1. The van der Waals surface area contributed by atoms with E-state index in [1.165, 1.54) is 19.2 Å². The molecule has 0 amide bonds.